The number of aliphatic hydroxyl groups is 1. The Hall–Kier alpha value is -1.06. The lowest BCUT2D eigenvalue weighted by Crippen LogP contribution is -2.26. The first kappa shape index (κ1) is 12.0. The molecule has 0 aliphatic heterocycles. The van der Waals surface area contributed by atoms with Crippen LogP contribution in [0.25, 0.3) is 0 Å². The zero-order chi connectivity index (χ0) is 11.4. The van der Waals surface area contributed by atoms with Crippen molar-refractivity contribution in [1.29, 1.82) is 0 Å². The van der Waals surface area contributed by atoms with Crippen molar-refractivity contribution in [2.45, 2.75) is 26.5 Å². The van der Waals surface area contributed by atoms with Gasteiger partial charge in [-0.25, -0.2) is 0 Å². The molecule has 0 saturated carbocycles. The van der Waals surface area contributed by atoms with Crippen molar-refractivity contribution in [2.24, 2.45) is 5.73 Å². The van der Waals surface area contributed by atoms with E-state index in [0.29, 0.717) is 13.1 Å². The number of nitrogens with zero attached hydrogens (tertiary/aromatic N) is 1. The first-order valence-corrected chi connectivity index (χ1v) is 5.23. The Morgan fingerprint density at radius 1 is 1.47 bits per heavy atom. The van der Waals surface area contributed by atoms with Gasteiger partial charge in [0.05, 0.1) is 6.10 Å². The Kier molecular flexibility index (Phi) is 4.12. The molecule has 0 saturated heterocycles. The molecule has 0 aromatic heterocycles. The van der Waals surface area contributed by atoms with Gasteiger partial charge in [-0.05, 0) is 37.1 Å². The lowest BCUT2D eigenvalue weighted by atomic mass is 10.1. The fourth-order valence-corrected chi connectivity index (χ4v) is 1.65. The SMILES string of the molecule is Cc1cc(N(C)CC(C)O)ccc1CN. The van der Waals surface area contributed by atoms with Crippen LogP contribution in [-0.2, 0) is 6.54 Å². The van der Waals surface area contributed by atoms with Crippen LogP contribution in [0.2, 0.25) is 0 Å². The molecule has 0 amide bonds. The van der Waals surface area contributed by atoms with E-state index in [0.717, 1.165) is 5.69 Å². The standard InChI is InChI=1S/C12H20N2O/c1-9-6-12(5-4-11(9)7-13)14(3)8-10(2)15/h4-6,10,15H,7-8,13H2,1-3H3. The minimum atomic E-state index is -0.315. The molecular formula is C12H20N2O. The minimum absolute atomic E-state index is 0.315. The van der Waals surface area contributed by atoms with Crippen molar-refractivity contribution >= 4 is 5.69 Å². The van der Waals surface area contributed by atoms with Gasteiger partial charge in [0.1, 0.15) is 0 Å². The number of benzene rings is 1. The van der Waals surface area contributed by atoms with Gasteiger partial charge >= 0.3 is 0 Å². The van der Waals surface area contributed by atoms with Gasteiger partial charge in [-0.1, -0.05) is 6.07 Å². The van der Waals surface area contributed by atoms with Crippen LogP contribution in [0.5, 0.6) is 0 Å². The third-order valence-corrected chi connectivity index (χ3v) is 2.52. The number of likely N-dealkylation sites (N-methyl/N-ethyl adjacent to an activating group) is 1. The first-order chi connectivity index (χ1) is 7.04. The predicted molar refractivity (Wildman–Crippen MR) is 64.0 cm³/mol. The molecule has 0 heterocycles. The maximum atomic E-state index is 9.29. The van der Waals surface area contributed by atoms with E-state index >= 15 is 0 Å². The molecule has 15 heavy (non-hydrogen) atoms. The smallest absolute Gasteiger partial charge is 0.0686 e. The summed E-state index contributed by atoms with van der Waals surface area (Å²) in [7, 11) is 1.98. The Morgan fingerprint density at radius 2 is 2.13 bits per heavy atom. The largest absolute Gasteiger partial charge is 0.392 e. The van der Waals surface area contributed by atoms with Gasteiger partial charge in [0.25, 0.3) is 0 Å². The van der Waals surface area contributed by atoms with Gasteiger partial charge in [-0.2, -0.15) is 0 Å². The molecule has 0 aliphatic rings. The molecule has 0 spiro atoms. The molecule has 1 aromatic carbocycles. The van der Waals surface area contributed by atoms with Crippen molar-refractivity contribution in [3.05, 3.63) is 29.3 Å². The summed E-state index contributed by atoms with van der Waals surface area (Å²) in [5, 5.41) is 9.29. The zero-order valence-corrected chi connectivity index (χ0v) is 9.70. The highest BCUT2D eigenvalue weighted by molar-refractivity contribution is 5.50. The summed E-state index contributed by atoms with van der Waals surface area (Å²) < 4.78 is 0. The Morgan fingerprint density at radius 3 is 2.60 bits per heavy atom. The van der Waals surface area contributed by atoms with Crippen LogP contribution in [0.3, 0.4) is 0 Å². The Bertz CT molecular complexity index is 323. The van der Waals surface area contributed by atoms with Gasteiger partial charge in [-0.3, -0.25) is 0 Å². The summed E-state index contributed by atoms with van der Waals surface area (Å²) >= 11 is 0. The molecule has 0 aliphatic carbocycles. The predicted octanol–water partition coefficient (Wildman–Crippen LogP) is 1.27. The zero-order valence-electron chi connectivity index (χ0n) is 9.70. The van der Waals surface area contributed by atoms with Crippen LogP contribution in [0.4, 0.5) is 5.69 Å². The molecule has 0 bridgehead atoms. The van der Waals surface area contributed by atoms with Crippen LogP contribution in [0, 0.1) is 6.92 Å². The number of nitrogens with two attached hydrogens (primary N) is 1. The second kappa shape index (κ2) is 5.14. The molecule has 1 atom stereocenters. The minimum Gasteiger partial charge on any atom is -0.392 e. The molecule has 0 fully saturated rings. The molecule has 1 rings (SSSR count). The fourth-order valence-electron chi connectivity index (χ4n) is 1.65. The summed E-state index contributed by atoms with van der Waals surface area (Å²) in [6, 6.07) is 6.19. The van der Waals surface area contributed by atoms with Gasteiger partial charge in [0.15, 0.2) is 0 Å². The molecule has 3 heteroatoms. The third-order valence-electron chi connectivity index (χ3n) is 2.52. The quantitative estimate of drug-likeness (QED) is 0.783. The fraction of sp³-hybridized carbons (Fsp3) is 0.500. The van der Waals surface area contributed by atoms with E-state index in [2.05, 4.69) is 13.0 Å². The van der Waals surface area contributed by atoms with Gasteiger partial charge < -0.3 is 15.7 Å². The van der Waals surface area contributed by atoms with Crippen molar-refractivity contribution in [1.82, 2.24) is 0 Å². The van der Waals surface area contributed by atoms with Gasteiger partial charge in [-0.15, -0.1) is 0 Å². The van der Waals surface area contributed by atoms with E-state index < -0.39 is 0 Å². The van der Waals surface area contributed by atoms with Crippen LogP contribution >= 0.6 is 0 Å². The molecule has 3 N–H and O–H groups in total. The van der Waals surface area contributed by atoms with Crippen molar-refractivity contribution in [2.75, 3.05) is 18.5 Å². The van der Waals surface area contributed by atoms with Crippen LogP contribution in [0.15, 0.2) is 18.2 Å². The maximum absolute atomic E-state index is 9.29. The summed E-state index contributed by atoms with van der Waals surface area (Å²) in [4.78, 5) is 2.04. The van der Waals surface area contributed by atoms with Gasteiger partial charge in [0.2, 0.25) is 0 Å². The number of hydrogen-bond acceptors (Lipinski definition) is 3. The highest BCUT2D eigenvalue weighted by atomic mass is 16.3. The average Bonchev–Trinajstić information content (AvgIpc) is 2.16. The summed E-state index contributed by atoms with van der Waals surface area (Å²) in [5.74, 6) is 0. The van der Waals surface area contributed by atoms with Crippen LogP contribution in [-0.4, -0.2) is 24.8 Å². The van der Waals surface area contributed by atoms with E-state index in [1.807, 2.05) is 24.1 Å². The third kappa shape index (κ3) is 3.22. The molecule has 84 valence electrons. The lowest BCUT2D eigenvalue weighted by molar-refractivity contribution is 0.201. The summed E-state index contributed by atoms with van der Waals surface area (Å²) in [5.41, 5.74) is 9.09. The monoisotopic (exact) mass is 208 g/mol. The van der Waals surface area contributed by atoms with E-state index in [1.54, 1.807) is 6.92 Å². The number of anilines is 1. The number of aryl methyl sites for hydroxylation is 1. The number of aliphatic hydroxyl groups excluding tert-OH is 1. The highest BCUT2D eigenvalue weighted by Gasteiger charge is 2.05. The number of hydrogen-bond donors (Lipinski definition) is 2. The van der Waals surface area contributed by atoms with E-state index in [4.69, 9.17) is 5.73 Å². The summed E-state index contributed by atoms with van der Waals surface area (Å²) in [6.45, 7) is 5.06. The molecule has 0 radical (unpaired) electrons. The maximum Gasteiger partial charge on any atom is 0.0686 e. The van der Waals surface area contributed by atoms with Crippen molar-refractivity contribution < 1.29 is 5.11 Å². The van der Waals surface area contributed by atoms with Crippen LogP contribution < -0.4 is 10.6 Å². The van der Waals surface area contributed by atoms with Crippen molar-refractivity contribution in [3.63, 3.8) is 0 Å². The molecular weight excluding hydrogens is 188 g/mol. The molecule has 1 aromatic rings. The van der Waals surface area contributed by atoms with Crippen molar-refractivity contribution in [3.8, 4) is 0 Å². The Labute approximate surface area is 91.5 Å². The second-order valence-electron chi connectivity index (χ2n) is 4.04. The lowest BCUT2D eigenvalue weighted by Gasteiger charge is -2.21. The normalized spacial score (nSPS) is 12.6. The highest BCUT2D eigenvalue weighted by Crippen LogP contribution is 2.18. The van der Waals surface area contributed by atoms with E-state index in [1.165, 1.54) is 11.1 Å². The Balaban J connectivity index is 2.82. The van der Waals surface area contributed by atoms with Gasteiger partial charge in [0, 0.05) is 25.8 Å². The summed E-state index contributed by atoms with van der Waals surface area (Å²) in [6.07, 6.45) is -0.315. The average molecular weight is 208 g/mol. The second-order valence-corrected chi connectivity index (χ2v) is 4.04. The topological polar surface area (TPSA) is 49.5 Å². The first-order valence-electron chi connectivity index (χ1n) is 5.23. The van der Waals surface area contributed by atoms with Crippen LogP contribution in [0.1, 0.15) is 18.1 Å². The molecule has 3 nitrogen and oxygen atoms in total. The van der Waals surface area contributed by atoms with E-state index in [9.17, 15) is 5.11 Å². The van der Waals surface area contributed by atoms with E-state index in [-0.39, 0.29) is 6.10 Å². The molecule has 1 unspecified atom stereocenters. The number of rotatable bonds is 4.